The maximum atomic E-state index is 3.34. The minimum atomic E-state index is 0. The largest absolute Gasteiger partial charge is 1.00 e. The van der Waals surface area contributed by atoms with Crippen LogP contribution in [-0.2, 0) is 23.0 Å². The smallest absolute Gasteiger partial charge is 0.0205 e. The standard InChI is InChI=1S/2C15H11.C2H6Si.2ClH.Hf/c2*1-2-6-12(5-1)15-10-9-13-7-3-4-8-14(13)11-15;1-3-2;;;/h2*1,3-5,7-11H,2H2;1-2H3;2*1H;/q2*-1;;;;+2/p-2. The predicted octanol–water partition coefficient (Wildman–Crippen LogP) is 2.76. The number of allylic oxidation sites excluding steroid dienone is 8. The van der Waals surface area contributed by atoms with Gasteiger partial charge in [0.2, 0.25) is 0 Å². The molecule has 0 saturated heterocycles. The van der Waals surface area contributed by atoms with Crippen molar-refractivity contribution in [2.24, 2.45) is 0 Å². The zero-order valence-electron chi connectivity index (χ0n) is 20.6. The molecule has 4 aromatic rings. The van der Waals surface area contributed by atoms with Crippen LogP contribution in [0.4, 0.5) is 0 Å². The van der Waals surface area contributed by atoms with Crippen LogP contribution in [0.25, 0.3) is 32.7 Å². The third-order valence-electron chi connectivity index (χ3n) is 5.51. The first-order valence-corrected chi connectivity index (χ1v) is 19.5. The fraction of sp³-hybridized carbons (Fsp3) is 0.125. The Morgan fingerprint density at radius 2 is 0.944 bits per heavy atom. The van der Waals surface area contributed by atoms with Gasteiger partial charge in [-0.15, -0.1) is 47.5 Å². The molecule has 0 atom stereocenters. The van der Waals surface area contributed by atoms with Crippen LogP contribution in [0.1, 0.15) is 24.0 Å². The molecule has 0 heterocycles. The molecule has 0 radical (unpaired) electrons. The molecule has 0 spiro atoms. The maximum absolute atomic E-state index is 3.34. The molecule has 4 aromatic carbocycles. The first kappa shape index (κ1) is 30.3. The predicted molar refractivity (Wildman–Crippen MR) is 146 cm³/mol. The Balaban J connectivity index is 0.000000211. The molecule has 0 amide bonds. The van der Waals surface area contributed by atoms with Crippen LogP contribution >= 0.6 is 0 Å². The minimum absolute atomic E-state index is 0. The molecule has 0 unspecified atom stereocenters. The monoisotopic (exact) mass is 690 g/mol. The minimum Gasteiger partial charge on any atom is -1.00 e. The number of hydrogen-bond acceptors (Lipinski definition) is 0. The normalized spacial score (nSPS) is 12.9. The SMILES string of the molecule is C[Si](C)=[Hf+2].[C-]1=C(c2ccc3ccccc3c2)C=CC1.[C-]1=C(c2ccc3ccccc3c2)C=CC1.[Cl-].[Cl-]. The Bertz CT molecular complexity index is 1340. The number of halogens is 2. The molecule has 0 aromatic heterocycles. The summed E-state index contributed by atoms with van der Waals surface area (Å²) < 4.78 is 0. The average Bonchev–Trinajstić information content (AvgIpc) is 3.58. The summed E-state index contributed by atoms with van der Waals surface area (Å²) >= 11 is 1.45. The van der Waals surface area contributed by atoms with Crippen molar-refractivity contribution in [3.05, 3.63) is 133 Å². The molecular formula is C32H28Cl2HfSi-2. The summed E-state index contributed by atoms with van der Waals surface area (Å²) in [5.41, 5.74) is 5.24. The summed E-state index contributed by atoms with van der Waals surface area (Å²) in [6.07, 6.45) is 17.2. The molecule has 36 heavy (non-hydrogen) atoms. The molecule has 0 N–H and O–H groups in total. The summed E-state index contributed by atoms with van der Waals surface area (Å²) in [5.74, 6) is 0. The van der Waals surface area contributed by atoms with E-state index in [1.807, 2.05) is 0 Å². The summed E-state index contributed by atoms with van der Waals surface area (Å²) in [5, 5.41) is 5.18. The maximum Gasteiger partial charge on any atom is -0.0205 e. The van der Waals surface area contributed by atoms with E-state index in [9.17, 15) is 0 Å². The van der Waals surface area contributed by atoms with Gasteiger partial charge in [0.1, 0.15) is 0 Å². The second-order valence-corrected chi connectivity index (χ2v) is 21.3. The van der Waals surface area contributed by atoms with Gasteiger partial charge in [0.05, 0.1) is 0 Å². The summed E-state index contributed by atoms with van der Waals surface area (Å²) in [4.78, 5) is 0. The third kappa shape index (κ3) is 8.56. The van der Waals surface area contributed by atoms with Gasteiger partial charge in [0.15, 0.2) is 0 Å². The van der Waals surface area contributed by atoms with E-state index in [1.165, 1.54) is 66.8 Å². The molecule has 2 aliphatic carbocycles. The fourth-order valence-electron chi connectivity index (χ4n) is 3.92. The quantitative estimate of drug-likeness (QED) is 0.225. The summed E-state index contributed by atoms with van der Waals surface area (Å²) in [7, 11) is 0. The molecule has 0 nitrogen and oxygen atoms in total. The van der Waals surface area contributed by atoms with E-state index >= 15 is 0 Å². The van der Waals surface area contributed by atoms with E-state index in [0.29, 0.717) is 0 Å². The van der Waals surface area contributed by atoms with Gasteiger partial charge >= 0.3 is 41.6 Å². The van der Waals surface area contributed by atoms with Gasteiger partial charge < -0.3 is 24.8 Å². The zero-order valence-corrected chi connectivity index (χ0v) is 26.7. The van der Waals surface area contributed by atoms with Crippen LogP contribution in [0.3, 0.4) is 0 Å². The van der Waals surface area contributed by atoms with Crippen molar-refractivity contribution in [1.29, 1.82) is 0 Å². The van der Waals surface area contributed by atoms with Gasteiger partial charge in [-0.05, 0) is 21.5 Å². The van der Waals surface area contributed by atoms with Crippen LogP contribution in [0, 0.1) is 12.2 Å². The first-order valence-electron chi connectivity index (χ1n) is 11.6. The van der Waals surface area contributed by atoms with Crippen molar-refractivity contribution in [2.75, 3.05) is 0 Å². The van der Waals surface area contributed by atoms with E-state index in [2.05, 4.69) is 134 Å². The zero-order chi connectivity index (χ0) is 23.8. The van der Waals surface area contributed by atoms with E-state index < -0.39 is 0 Å². The molecule has 4 heteroatoms. The molecule has 180 valence electrons. The number of benzene rings is 4. The third-order valence-corrected chi connectivity index (χ3v) is 5.51. The van der Waals surface area contributed by atoms with Crippen molar-refractivity contribution in [1.82, 2.24) is 0 Å². The Hall–Kier alpha value is -1.97. The van der Waals surface area contributed by atoms with Gasteiger partial charge in [0, 0.05) is 0 Å². The molecule has 2 aliphatic rings. The second kappa shape index (κ2) is 15.3. The Morgan fingerprint density at radius 3 is 1.28 bits per heavy atom. The second-order valence-electron chi connectivity index (χ2n) is 8.52. The number of fused-ring (bicyclic) bond motifs is 2. The molecule has 0 saturated carbocycles. The number of hydrogen-bond donors (Lipinski definition) is 0. The van der Waals surface area contributed by atoms with E-state index in [4.69, 9.17) is 0 Å². The van der Waals surface area contributed by atoms with Gasteiger partial charge in [-0.25, -0.2) is 0 Å². The van der Waals surface area contributed by atoms with Gasteiger partial charge in [-0.3, -0.25) is 0 Å². The average molecular weight is 690 g/mol. The van der Waals surface area contributed by atoms with Crippen molar-refractivity contribution < 1.29 is 47.8 Å². The summed E-state index contributed by atoms with van der Waals surface area (Å²) in [6.45, 7) is 4.66. The van der Waals surface area contributed by atoms with Crippen molar-refractivity contribution in [3.63, 3.8) is 0 Å². The molecule has 6 rings (SSSR count). The molecular weight excluding hydrogens is 662 g/mol. The van der Waals surface area contributed by atoms with E-state index in [-0.39, 0.29) is 30.3 Å². The van der Waals surface area contributed by atoms with Crippen LogP contribution in [-0.4, -0.2) is 5.49 Å². The van der Waals surface area contributed by atoms with Crippen molar-refractivity contribution in [3.8, 4) is 0 Å². The Kier molecular flexibility index (Phi) is 12.9. The van der Waals surface area contributed by atoms with Crippen LogP contribution in [0.2, 0.25) is 13.1 Å². The van der Waals surface area contributed by atoms with Crippen molar-refractivity contribution in [2.45, 2.75) is 25.9 Å². The summed E-state index contributed by atoms with van der Waals surface area (Å²) in [6, 6.07) is 30.0. The van der Waals surface area contributed by atoms with Crippen LogP contribution in [0.5, 0.6) is 0 Å². The van der Waals surface area contributed by atoms with Gasteiger partial charge in [0.25, 0.3) is 0 Å². The van der Waals surface area contributed by atoms with E-state index in [1.54, 1.807) is 0 Å². The fourth-order valence-corrected chi connectivity index (χ4v) is 3.92. The van der Waals surface area contributed by atoms with Gasteiger partial charge in [-0.2, -0.15) is 35.5 Å². The molecule has 0 fully saturated rings. The Labute approximate surface area is 242 Å². The van der Waals surface area contributed by atoms with Crippen molar-refractivity contribution >= 4 is 38.2 Å². The van der Waals surface area contributed by atoms with E-state index in [0.717, 1.165) is 12.8 Å². The molecule has 0 aliphatic heterocycles. The Morgan fingerprint density at radius 1 is 0.583 bits per heavy atom. The molecule has 0 bridgehead atoms. The van der Waals surface area contributed by atoms with Crippen LogP contribution < -0.4 is 24.8 Å². The van der Waals surface area contributed by atoms with Crippen LogP contribution in [0.15, 0.2) is 109 Å². The topological polar surface area (TPSA) is 0 Å². The van der Waals surface area contributed by atoms with Gasteiger partial charge in [-0.1, -0.05) is 73.5 Å². The first-order chi connectivity index (χ1) is 16.6. The number of rotatable bonds is 2.